The van der Waals surface area contributed by atoms with Crippen LogP contribution in [-0.4, -0.2) is 57.2 Å². The molecule has 0 aromatic carbocycles. The predicted molar refractivity (Wildman–Crippen MR) is 119 cm³/mol. The van der Waals surface area contributed by atoms with E-state index in [1.807, 2.05) is 0 Å². The van der Waals surface area contributed by atoms with Gasteiger partial charge in [0.25, 0.3) is 0 Å². The standard InChI is InChI=1S/C17H29ClN5O5PSi/c1-11(7-27-10-29(24,25)26)12(8-28-30(5,6)17(2,3)4)23-9-20-13-14(18)21-16(19)22-15(13)23/h9,12H,1,7-8,10H2,2-6H3,(H2,19,21,22)(H2,24,25,26). The molecule has 0 radical (unpaired) electrons. The number of halogens is 1. The summed E-state index contributed by atoms with van der Waals surface area (Å²) in [6.45, 7) is 14.9. The number of hydrogen-bond acceptors (Lipinski definition) is 7. The van der Waals surface area contributed by atoms with Gasteiger partial charge in [-0.2, -0.15) is 9.97 Å². The zero-order valence-electron chi connectivity index (χ0n) is 17.8. The summed E-state index contributed by atoms with van der Waals surface area (Å²) in [5, 5.41) is 0.117. The largest absolute Gasteiger partial charge is 0.414 e. The van der Waals surface area contributed by atoms with E-state index in [1.54, 1.807) is 10.9 Å². The number of rotatable bonds is 9. The molecule has 1 unspecified atom stereocenters. The Hall–Kier alpha value is -1.33. The second-order valence-corrected chi connectivity index (χ2v) is 15.3. The molecule has 13 heteroatoms. The average molecular weight is 478 g/mol. The van der Waals surface area contributed by atoms with Crippen LogP contribution >= 0.6 is 19.2 Å². The Morgan fingerprint density at radius 2 is 2.03 bits per heavy atom. The van der Waals surface area contributed by atoms with Crippen molar-refractivity contribution in [1.82, 2.24) is 19.5 Å². The third kappa shape index (κ3) is 6.10. The molecule has 10 nitrogen and oxygen atoms in total. The van der Waals surface area contributed by atoms with Crippen molar-refractivity contribution in [1.29, 1.82) is 0 Å². The highest BCUT2D eigenvalue weighted by Crippen LogP contribution is 2.38. The zero-order valence-corrected chi connectivity index (χ0v) is 20.4. The van der Waals surface area contributed by atoms with E-state index < -0.39 is 28.3 Å². The molecule has 0 aliphatic rings. The van der Waals surface area contributed by atoms with Crippen LogP contribution < -0.4 is 5.73 Å². The van der Waals surface area contributed by atoms with Gasteiger partial charge in [-0.1, -0.05) is 39.0 Å². The number of hydrogen-bond donors (Lipinski definition) is 3. The van der Waals surface area contributed by atoms with Crippen molar-refractivity contribution in [3.63, 3.8) is 0 Å². The number of nitrogen functional groups attached to an aromatic ring is 1. The molecular weight excluding hydrogens is 449 g/mol. The minimum atomic E-state index is -4.29. The maximum atomic E-state index is 11.1. The van der Waals surface area contributed by atoms with E-state index in [0.29, 0.717) is 16.7 Å². The summed E-state index contributed by atoms with van der Waals surface area (Å²) in [6, 6.07) is -0.466. The SMILES string of the molecule is C=C(COCP(=O)(O)O)C(CO[Si](C)(C)C(C)(C)C)n1cnc2c(Cl)nc(N)nc21. The van der Waals surface area contributed by atoms with Crippen LogP contribution in [0.1, 0.15) is 26.8 Å². The Morgan fingerprint density at radius 1 is 1.40 bits per heavy atom. The first-order valence-corrected chi connectivity index (χ1v) is 14.3. The Kier molecular flexibility index (Phi) is 7.51. The average Bonchev–Trinajstić information content (AvgIpc) is 2.96. The van der Waals surface area contributed by atoms with Crippen molar-refractivity contribution >= 4 is 44.6 Å². The summed E-state index contributed by atoms with van der Waals surface area (Å²) in [4.78, 5) is 30.5. The lowest BCUT2D eigenvalue weighted by Crippen LogP contribution is -2.42. The van der Waals surface area contributed by atoms with Crippen molar-refractivity contribution in [2.24, 2.45) is 0 Å². The van der Waals surface area contributed by atoms with Crippen LogP contribution in [0.2, 0.25) is 23.3 Å². The Bertz CT molecular complexity index is 971. The lowest BCUT2D eigenvalue weighted by molar-refractivity contribution is 0.164. The van der Waals surface area contributed by atoms with Gasteiger partial charge in [0, 0.05) is 0 Å². The van der Waals surface area contributed by atoms with E-state index in [4.69, 9.17) is 36.3 Å². The molecule has 2 heterocycles. The first-order chi connectivity index (χ1) is 13.6. The monoisotopic (exact) mass is 477 g/mol. The molecule has 0 spiro atoms. The van der Waals surface area contributed by atoms with Gasteiger partial charge in [-0.15, -0.1) is 0 Å². The van der Waals surface area contributed by atoms with E-state index >= 15 is 0 Å². The van der Waals surface area contributed by atoms with Crippen LogP contribution in [0.25, 0.3) is 11.2 Å². The normalized spacial score (nSPS) is 14.3. The number of nitrogens with two attached hydrogens (primary N) is 1. The molecule has 0 bridgehead atoms. The summed E-state index contributed by atoms with van der Waals surface area (Å²) >= 11 is 6.14. The number of fused-ring (bicyclic) bond motifs is 1. The molecule has 0 saturated carbocycles. The van der Waals surface area contributed by atoms with Crippen LogP contribution in [0.15, 0.2) is 18.5 Å². The third-order valence-corrected chi connectivity index (χ3v) is 10.4. The number of imidazole rings is 1. The molecule has 2 aromatic heterocycles. The maximum Gasteiger partial charge on any atom is 0.350 e. The van der Waals surface area contributed by atoms with Crippen LogP contribution in [0, 0.1) is 0 Å². The minimum Gasteiger partial charge on any atom is -0.414 e. The summed E-state index contributed by atoms with van der Waals surface area (Å²) in [6.07, 6.45) is 0.839. The maximum absolute atomic E-state index is 11.1. The molecular formula is C17H29ClN5O5PSi. The molecule has 0 saturated heterocycles. The van der Waals surface area contributed by atoms with Gasteiger partial charge in [0.05, 0.1) is 25.6 Å². The van der Waals surface area contributed by atoms with Gasteiger partial charge >= 0.3 is 7.60 Å². The lowest BCUT2D eigenvalue weighted by Gasteiger charge is -2.37. The van der Waals surface area contributed by atoms with Crippen molar-refractivity contribution < 1.29 is 23.5 Å². The van der Waals surface area contributed by atoms with Crippen LogP contribution in [0.3, 0.4) is 0 Å². The number of ether oxygens (including phenoxy) is 1. The summed E-state index contributed by atoms with van der Waals surface area (Å²) in [7, 11) is -6.39. The van der Waals surface area contributed by atoms with Crippen molar-refractivity contribution in [2.45, 2.75) is 44.9 Å². The molecule has 0 aliphatic carbocycles. The first-order valence-electron chi connectivity index (χ1n) is 9.22. The summed E-state index contributed by atoms with van der Waals surface area (Å²) in [5.74, 6) is 0.00155. The van der Waals surface area contributed by atoms with Crippen molar-refractivity contribution in [3.05, 3.63) is 23.6 Å². The fourth-order valence-electron chi connectivity index (χ4n) is 2.42. The molecule has 1 atom stereocenters. The number of aromatic nitrogens is 4. The summed E-state index contributed by atoms with van der Waals surface area (Å²) < 4.78 is 24.4. The highest BCUT2D eigenvalue weighted by atomic mass is 35.5. The van der Waals surface area contributed by atoms with Gasteiger partial charge in [0.2, 0.25) is 5.95 Å². The number of anilines is 1. The van der Waals surface area contributed by atoms with E-state index in [-0.39, 0.29) is 29.4 Å². The van der Waals surface area contributed by atoms with Gasteiger partial charge in [-0.25, -0.2) is 4.98 Å². The van der Waals surface area contributed by atoms with Gasteiger partial charge in [-0.05, 0) is 23.7 Å². The molecule has 2 rings (SSSR count). The molecule has 30 heavy (non-hydrogen) atoms. The molecule has 168 valence electrons. The quantitative estimate of drug-likeness (QED) is 0.214. The predicted octanol–water partition coefficient (Wildman–Crippen LogP) is 3.33. The first kappa shape index (κ1) is 24.9. The second-order valence-electron chi connectivity index (χ2n) is 8.58. The topological polar surface area (TPSA) is 146 Å². The minimum absolute atomic E-state index is 0.00155. The Labute approximate surface area is 181 Å². The third-order valence-electron chi connectivity index (χ3n) is 5.16. The smallest absolute Gasteiger partial charge is 0.350 e. The fourth-order valence-corrected chi connectivity index (χ4v) is 3.97. The molecule has 2 aromatic rings. The Morgan fingerprint density at radius 3 is 2.60 bits per heavy atom. The fraction of sp³-hybridized carbons (Fsp3) is 0.588. The van der Waals surface area contributed by atoms with E-state index in [1.165, 1.54) is 0 Å². The number of nitrogens with zero attached hydrogens (tertiary/aromatic N) is 4. The second kappa shape index (κ2) is 9.03. The Balaban J connectivity index is 2.36. The van der Waals surface area contributed by atoms with Gasteiger partial charge in [0.15, 0.2) is 19.1 Å². The van der Waals surface area contributed by atoms with Crippen LogP contribution in [0.5, 0.6) is 0 Å². The van der Waals surface area contributed by atoms with E-state index in [9.17, 15) is 4.57 Å². The molecule has 4 N–H and O–H groups in total. The van der Waals surface area contributed by atoms with E-state index in [0.717, 1.165) is 0 Å². The van der Waals surface area contributed by atoms with Gasteiger partial charge in [-0.3, -0.25) is 4.57 Å². The molecule has 0 fully saturated rings. The van der Waals surface area contributed by atoms with Crippen molar-refractivity contribution in [2.75, 3.05) is 25.3 Å². The zero-order chi connectivity index (χ0) is 22.9. The van der Waals surface area contributed by atoms with Crippen LogP contribution in [0.4, 0.5) is 5.95 Å². The highest BCUT2D eigenvalue weighted by Gasteiger charge is 2.38. The lowest BCUT2D eigenvalue weighted by atomic mass is 10.1. The van der Waals surface area contributed by atoms with Crippen LogP contribution in [-0.2, 0) is 13.7 Å². The van der Waals surface area contributed by atoms with Gasteiger partial charge < -0.3 is 29.3 Å². The van der Waals surface area contributed by atoms with E-state index in [2.05, 4.69) is 55.4 Å². The van der Waals surface area contributed by atoms with Crippen molar-refractivity contribution in [3.8, 4) is 0 Å². The van der Waals surface area contributed by atoms with Gasteiger partial charge in [0.1, 0.15) is 11.9 Å². The molecule has 0 aliphatic heterocycles. The summed E-state index contributed by atoms with van der Waals surface area (Å²) in [5.41, 5.74) is 7.08. The molecule has 0 amide bonds. The highest BCUT2D eigenvalue weighted by molar-refractivity contribution is 7.51.